The normalized spacial score (nSPS) is 20.2. The monoisotopic (exact) mass is 388 g/mol. The minimum Gasteiger partial charge on any atom is -0.480 e. The Morgan fingerprint density at radius 1 is 1.38 bits per heavy atom. The van der Waals surface area contributed by atoms with Crippen molar-refractivity contribution in [2.75, 3.05) is 18.5 Å². The average molecular weight is 388 g/mol. The maximum atomic E-state index is 12.3. The van der Waals surface area contributed by atoms with Crippen LogP contribution in [0.5, 0.6) is 5.75 Å². The van der Waals surface area contributed by atoms with Gasteiger partial charge in [-0.3, -0.25) is 14.5 Å². The molecular formula is C18H16N2O4S2. The predicted molar refractivity (Wildman–Crippen MR) is 105 cm³/mol. The van der Waals surface area contributed by atoms with Crippen LogP contribution in [0.25, 0.3) is 0 Å². The van der Waals surface area contributed by atoms with Crippen molar-refractivity contribution >= 4 is 45.9 Å². The molecule has 0 bridgehead atoms. The summed E-state index contributed by atoms with van der Waals surface area (Å²) in [5.41, 5.74) is 1.81. The lowest BCUT2D eigenvalue weighted by atomic mass is 10.2. The zero-order valence-electron chi connectivity index (χ0n) is 14.1. The minimum atomic E-state index is -1.10. The second-order valence-corrected chi connectivity index (χ2v) is 7.38. The summed E-state index contributed by atoms with van der Waals surface area (Å²) in [6, 6.07) is 7.73. The molecule has 6 nitrogen and oxygen atoms in total. The van der Waals surface area contributed by atoms with Crippen molar-refractivity contribution in [3.63, 3.8) is 0 Å². The fourth-order valence-electron chi connectivity index (χ4n) is 2.50. The van der Waals surface area contributed by atoms with Crippen LogP contribution >= 0.6 is 24.0 Å². The van der Waals surface area contributed by atoms with Crippen molar-refractivity contribution in [3.8, 4) is 5.75 Å². The topological polar surface area (TPSA) is 70.1 Å². The van der Waals surface area contributed by atoms with Gasteiger partial charge in [0, 0.05) is 7.05 Å². The molecule has 0 aromatic heterocycles. The van der Waals surface area contributed by atoms with Gasteiger partial charge < -0.3 is 14.7 Å². The Morgan fingerprint density at radius 2 is 2.12 bits per heavy atom. The fourth-order valence-corrected chi connectivity index (χ4v) is 3.80. The van der Waals surface area contributed by atoms with E-state index >= 15 is 0 Å². The third-order valence-electron chi connectivity index (χ3n) is 3.79. The number of benzene rings is 1. The minimum absolute atomic E-state index is 0.254. The highest BCUT2D eigenvalue weighted by molar-refractivity contribution is 8.26. The van der Waals surface area contributed by atoms with E-state index in [9.17, 15) is 9.59 Å². The van der Waals surface area contributed by atoms with Gasteiger partial charge in [-0.15, -0.1) is 0 Å². The highest BCUT2D eigenvalue weighted by atomic mass is 32.2. The third kappa shape index (κ3) is 3.66. The zero-order valence-corrected chi connectivity index (χ0v) is 15.8. The average Bonchev–Trinajstić information content (AvgIpc) is 3.05. The van der Waals surface area contributed by atoms with Crippen molar-refractivity contribution in [2.24, 2.45) is 0 Å². The molecule has 0 radical (unpaired) electrons. The second kappa shape index (κ2) is 7.35. The number of amides is 1. The van der Waals surface area contributed by atoms with Crippen molar-refractivity contribution in [1.29, 1.82) is 0 Å². The van der Waals surface area contributed by atoms with Crippen LogP contribution in [-0.2, 0) is 9.59 Å². The molecule has 1 aromatic carbocycles. The molecule has 0 spiro atoms. The molecule has 1 fully saturated rings. The van der Waals surface area contributed by atoms with Gasteiger partial charge in [0.1, 0.15) is 10.9 Å². The van der Waals surface area contributed by atoms with Crippen LogP contribution in [0.15, 0.2) is 58.9 Å². The number of aliphatic carboxylic acids is 1. The first-order valence-corrected chi connectivity index (χ1v) is 8.95. The summed E-state index contributed by atoms with van der Waals surface area (Å²) in [6.07, 6.45) is 5.35. The summed E-state index contributed by atoms with van der Waals surface area (Å²) in [4.78, 5) is 26.5. The number of fused-ring (bicyclic) bond motifs is 1. The smallest absolute Gasteiger partial charge is 0.323 e. The largest absolute Gasteiger partial charge is 0.480 e. The van der Waals surface area contributed by atoms with E-state index in [1.54, 1.807) is 6.08 Å². The molecule has 2 heterocycles. The van der Waals surface area contributed by atoms with Crippen molar-refractivity contribution < 1.29 is 19.4 Å². The Labute approximate surface area is 160 Å². The van der Waals surface area contributed by atoms with E-state index in [1.165, 1.54) is 0 Å². The molecule has 134 valence electrons. The Kier molecular flexibility index (Phi) is 5.15. The number of carbonyl (C=O) groups is 2. The van der Waals surface area contributed by atoms with E-state index in [4.69, 9.17) is 22.1 Å². The number of hydrogen-bond donors (Lipinski definition) is 1. The van der Waals surface area contributed by atoms with Gasteiger partial charge in [0.05, 0.1) is 10.6 Å². The molecule has 1 aromatic rings. The molecule has 0 saturated carbocycles. The van der Waals surface area contributed by atoms with E-state index in [1.807, 2.05) is 55.3 Å². The Morgan fingerprint density at radius 3 is 2.81 bits per heavy atom. The maximum absolute atomic E-state index is 12.3. The summed E-state index contributed by atoms with van der Waals surface area (Å²) >= 11 is 6.18. The lowest BCUT2D eigenvalue weighted by Gasteiger charge is -2.10. The summed E-state index contributed by atoms with van der Waals surface area (Å²) in [5, 5.41) is 8.86. The van der Waals surface area contributed by atoms with Gasteiger partial charge in [-0.25, -0.2) is 0 Å². The predicted octanol–water partition coefficient (Wildman–Crippen LogP) is 3.13. The van der Waals surface area contributed by atoms with Crippen molar-refractivity contribution in [1.82, 2.24) is 4.90 Å². The summed E-state index contributed by atoms with van der Waals surface area (Å²) < 4.78 is 6.05. The van der Waals surface area contributed by atoms with E-state index in [0.29, 0.717) is 10.8 Å². The number of thiocarbonyl (C=S) groups is 1. The number of rotatable bonds is 4. The third-order valence-corrected chi connectivity index (χ3v) is 5.16. The number of hydrogen-bond acceptors (Lipinski definition) is 6. The lowest BCUT2D eigenvalue weighted by molar-refractivity contribution is -0.140. The van der Waals surface area contributed by atoms with Crippen LogP contribution in [-0.4, -0.2) is 39.8 Å². The maximum Gasteiger partial charge on any atom is 0.323 e. The quantitative estimate of drug-likeness (QED) is 0.628. The number of nitrogens with zero attached hydrogens (tertiary/aromatic N) is 2. The number of para-hydroxylation sites is 2. The Balaban J connectivity index is 1.75. The van der Waals surface area contributed by atoms with Crippen LogP contribution < -0.4 is 9.64 Å². The van der Waals surface area contributed by atoms with Gasteiger partial charge in [-0.05, 0) is 36.8 Å². The highest BCUT2D eigenvalue weighted by Gasteiger charge is 2.33. The van der Waals surface area contributed by atoms with Gasteiger partial charge in [-0.1, -0.05) is 42.2 Å². The molecule has 3 rings (SSSR count). The lowest BCUT2D eigenvalue weighted by Crippen LogP contribution is -2.33. The van der Waals surface area contributed by atoms with Crippen LogP contribution in [0.4, 0.5) is 5.69 Å². The molecule has 1 amide bonds. The van der Waals surface area contributed by atoms with E-state index in [-0.39, 0.29) is 10.2 Å². The molecule has 2 aliphatic rings. The Bertz CT molecular complexity index is 889. The summed E-state index contributed by atoms with van der Waals surface area (Å²) in [7, 11) is 1.91. The fraction of sp³-hybridized carbons (Fsp3) is 0.167. The number of carbonyl (C=O) groups excluding carboxylic acids is 1. The number of carboxylic acids is 1. The van der Waals surface area contributed by atoms with Gasteiger partial charge in [0.2, 0.25) is 0 Å². The molecule has 0 aliphatic carbocycles. The van der Waals surface area contributed by atoms with Crippen molar-refractivity contribution in [3.05, 3.63) is 58.9 Å². The first-order chi connectivity index (χ1) is 12.4. The number of thioether (sulfide) groups is 1. The number of allylic oxidation sites excluding steroid dienone is 4. The molecule has 26 heavy (non-hydrogen) atoms. The first-order valence-electron chi connectivity index (χ1n) is 7.73. The summed E-state index contributed by atoms with van der Waals surface area (Å²) in [5.74, 6) is -0.0100. The molecule has 1 saturated heterocycles. The number of ether oxygens (including phenoxy) is 1. The van der Waals surface area contributed by atoms with Crippen LogP contribution in [0.1, 0.15) is 6.92 Å². The zero-order chi connectivity index (χ0) is 18.8. The molecule has 1 N–H and O–H groups in total. The standard InChI is InChI=1S/C18H16N2O4S2/c1-11(9-14-17(23)20(10-16(21)22)18(25)26-14)7-8-15-19(2)12-5-3-4-6-13(12)24-15/h3-9H,10H2,1-2H3,(H,21,22). The van der Waals surface area contributed by atoms with Gasteiger partial charge in [0.15, 0.2) is 11.6 Å². The van der Waals surface area contributed by atoms with Gasteiger partial charge in [-0.2, -0.15) is 0 Å². The number of carboxylic acid groups (broad SMARTS) is 1. The first kappa shape index (κ1) is 18.2. The van der Waals surface area contributed by atoms with Crippen molar-refractivity contribution in [2.45, 2.75) is 6.92 Å². The van der Waals surface area contributed by atoms with E-state index in [2.05, 4.69) is 0 Å². The SMILES string of the molecule is CC(=CC=C1Oc2ccccc2N1C)C=C1SC(=S)N(CC(=O)O)C1=O. The second-order valence-electron chi connectivity index (χ2n) is 5.71. The molecular weight excluding hydrogens is 372 g/mol. The molecule has 0 atom stereocenters. The molecule has 8 heteroatoms. The molecule has 2 aliphatic heterocycles. The van der Waals surface area contributed by atoms with E-state index in [0.717, 1.165) is 33.7 Å². The van der Waals surface area contributed by atoms with Crippen LogP contribution in [0.2, 0.25) is 0 Å². The Hall–Kier alpha value is -2.58. The van der Waals surface area contributed by atoms with Gasteiger partial charge in [0.25, 0.3) is 5.91 Å². The molecule has 0 unspecified atom stereocenters. The van der Waals surface area contributed by atoms with Crippen LogP contribution in [0.3, 0.4) is 0 Å². The highest BCUT2D eigenvalue weighted by Crippen LogP contribution is 2.37. The number of anilines is 1. The van der Waals surface area contributed by atoms with E-state index < -0.39 is 12.5 Å². The van der Waals surface area contributed by atoms with Gasteiger partial charge >= 0.3 is 5.97 Å². The summed E-state index contributed by atoms with van der Waals surface area (Å²) in [6.45, 7) is 1.43. The van der Waals surface area contributed by atoms with Crippen LogP contribution in [0, 0.1) is 0 Å².